The van der Waals surface area contributed by atoms with Crippen LogP contribution in [0.4, 0.5) is 0 Å². The zero-order valence-corrected chi connectivity index (χ0v) is 18.0. The largest absolute Gasteiger partial charge is 0.289 e. The zero-order valence-electron chi connectivity index (χ0n) is 18.0. The molecule has 0 amide bonds. The van der Waals surface area contributed by atoms with Crippen LogP contribution in [0.3, 0.4) is 0 Å². The molecular weight excluding hydrogens is 338 g/mol. The number of nitrogens with zero attached hydrogens (tertiary/aromatic N) is 1. The number of rotatable bonds is 5. The van der Waals surface area contributed by atoms with Crippen molar-refractivity contribution in [3.05, 3.63) is 76.9 Å². The number of fused-ring (bicyclic) bond motifs is 2. The molecule has 1 saturated heterocycles. The summed E-state index contributed by atoms with van der Waals surface area (Å²) in [5.74, 6) is 1.13. The van der Waals surface area contributed by atoms with Crippen LogP contribution in [0, 0.1) is 0 Å². The Balaban J connectivity index is 1.71. The molecule has 0 aromatic heterocycles. The third kappa shape index (κ3) is 3.82. The van der Waals surface area contributed by atoms with E-state index < -0.39 is 0 Å². The summed E-state index contributed by atoms with van der Waals surface area (Å²) >= 11 is 0. The molecule has 0 saturated carbocycles. The molecule has 28 heavy (non-hydrogen) atoms. The van der Waals surface area contributed by atoms with Gasteiger partial charge in [0, 0.05) is 18.6 Å². The summed E-state index contributed by atoms with van der Waals surface area (Å²) in [6.45, 7) is 10.5. The van der Waals surface area contributed by atoms with Gasteiger partial charge in [0.1, 0.15) is 0 Å². The number of benzene rings is 2. The van der Waals surface area contributed by atoms with E-state index in [1.165, 1.54) is 42.4 Å². The number of hydrogen-bond acceptors (Lipinski definition) is 1. The highest BCUT2D eigenvalue weighted by molar-refractivity contribution is 5.74. The first-order chi connectivity index (χ1) is 13.5. The van der Waals surface area contributed by atoms with Gasteiger partial charge in [-0.1, -0.05) is 88.7 Å². The molecule has 2 bridgehead atoms. The lowest BCUT2D eigenvalue weighted by Crippen LogP contribution is -2.47. The van der Waals surface area contributed by atoms with Crippen molar-refractivity contribution in [2.75, 3.05) is 0 Å². The monoisotopic (exact) mass is 373 g/mol. The summed E-state index contributed by atoms with van der Waals surface area (Å²) in [7, 11) is 0. The lowest BCUT2D eigenvalue weighted by Gasteiger charge is -2.45. The molecule has 0 spiro atoms. The van der Waals surface area contributed by atoms with Crippen molar-refractivity contribution < 1.29 is 0 Å². The van der Waals surface area contributed by atoms with Crippen LogP contribution in [-0.4, -0.2) is 17.0 Å². The first kappa shape index (κ1) is 19.5. The molecule has 0 N–H and O–H groups in total. The van der Waals surface area contributed by atoms with Crippen LogP contribution in [0.15, 0.2) is 54.6 Å². The minimum Gasteiger partial charge on any atom is -0.289 e. The van der Waals surface area contributed by atoms with Crippen molar-refractivity contribution in [2.24, 2.45) is 0 Å². The van der Waals surface area contributed by atoms with Gasteiger partial charge in [0.15, 0.2) is 0 Å². The predicted molar refractivity (Wildman–Crippen MR) is 121 cm³/mol. The summed E-state index contributed by atoms with van der Waals surface area (Å²) in [5.41, 5.74) is 7.71. The van der Waals surface area contributed by atoms with E-state index in [0.29, 0.717) is 23.9 Å². The molecule has 148 valence electrons. The van der Waals surface area contributed by atoms with E-state index in [4.69, 9.17) is 0 Å². The lowest BCUT2D eigenvalue weighted by atomic mass is 9.77. The van der Waals surface area contributed by atoms with Gasteiger partial charge in [-0.05, 0) is 58.9 Å². The van der Waals surface area contributed by atoms with Crippen molar-refractivity contribution in [1.82, 2.24) is 4.90 Å². The molecule has 0 radical (unpaired) electrons. The second-order valence-corrected chi connectivity index (χ2v) is 9.33. The van der Waals surface area contributed by atoms with E-state index in [1.807, 2.05) is 0 Å². The molecule has 2 heterocycles. The molecule has 2 aromatic carbocycles. The van der Waals surface area contributed by atoms with E-state index in [1.54, 1.807) is 11.1 Å². The Labute approximate surface area is 171 Å². The van der Waals surface area contributed by atoms with E-state index >= 15 is 0 Å². The molecule has 1 heteroatoms. The summed E-state index contributed by atoms with van der Waals surface area (Å²) in [5, 5.41) is 0. The highest BCUT2D eigenvalue weighted by atomic mass is 15.2. The van der Waals surface area contributed by atoms with Gasteiger partial charge in [0.2, 0.25) is 0 Å². The second kappa shape index (κ2) is 8.25. The van der Waals surface area contributed by atoms with Gasteiger partial charge < -0.3 is 0 Å². The maximum Gasteiger partial charge on any atom is 0.0290 e. The normalized spacial score (nSPS) is 22.6. The quantitative estimate of drug-likeness (QED) is 0.538. The number of hydrogen-bond donors (Lipinski definition) is 0. The minimum absolute atomic E-state index is 0.566. The Hall–Kier alpha value is -1.86. The first-order valence-electron chi connectivity index (χ1n) is 11.2. The number of piperidine rings is 1. The van der Waals surface area contributed by atoms with Crippen LogP contribution in [0.25, 0.3) is 5.57 Å². The molecule has 2 aromatic rings. The van der Waals surface area contributed by atoms with Crippen molar-refractivity contribution >= 4 is 5.57 Å². The van der Waals surface area contributed by atoms with Gasteiger partial charge in [-0.25, -0.2) is 0 Å². The molecule has 1 nitrogen and oxygen atoms in total. The van der Waals surface area contributed by atoms with Crippen molar-refractivity contribution in [3.8, 4) is 0 Å². The van der Waals surface area contributed by atoms with Gasteiger partial charge in [-0.2, -0.15) is 0 Å². The molecular formula is C27H35N. The summed E-state index contributed by atoms with van der Waals surface area (Å²) < 4.78 is 0. The van der Waals surface area contributed by atoms with E-state index in [9.17, 15) is 0 Å². The van der Waals surface area contributed by atoms with Gasteiger partial charge in [0.25, 0.3) is 0 Å². The fraction of sp³-hybridized carbons (Fsp3) is 0.481. The lowest BCUT2D eigenvalue weighted by molar-refractivity contribution is 0.0951. The van der Waals surface area contributed by atoms with Crippen LogP contribution in [0.1, 0.15) is 87.5 Å². The van der Waals surface area contributed by atoms with E-state index in [0.717, 1.165) is 6.54 Å². The highest BCUT2D eigenvalue weighted by Crippen LogP contribution is 2.42. The molecule has 1 fully saturated rings. The van der Waals surface area contributed by atoms with Crippen LogP contribution in [-0.2, 0) is 6.54 Å². The van der Waals surface area contributed by atoms with Crippen LogP contribution >= 0.6 is 0 Å². The minimum atomic E-state index is 0.566. The Morgan fingerprint density at radius 3 is 2.14 bits per heavy atom. The third-order valence-corrected chi connectivity index (χ3v) is 6.68. The summed E-state index contributed by atoms with van der Waals surface area (Å²) in [4.78, 5) is 2.77. The maximum atomic E-state index is 2.77. The van der Waals surface area contributed by atoms with Gasteiger partial charge in [-0.3, -0.25) is 4.90 Å². The topological polar surface area (TPSA) is 3.24 Å². The van der Waals surface area contributed by atoms with Crippen molar-refractivity contribution in [1.29, 1.82) is 0 Å². The molecule has 2 atom stereocenters. The molecule has 2 unspecified atom stereocenters. The van der Waals surface area contributed by atoms with Crippen LogP contribution < -0.4 is 0 Å². The highest BCUT2D eigenvalue weighted by Gasteiger charge is 2.35. The Morgan fingerprint density at radius 1 is 0.857 bits per heavy atom. The van der Waals surface area contributed by atoms with Crippen molar-refractivity contribution in [3.63, 3.8) is 0 Å². The maximum absolute atomic E-state index is 2.77. The smallest absolute Gasteiger partial charge is 0.0290 e. The van der Waals surface area contributed by atoms with E-state index in [-0.39, 0.29) is 0 Å². The van der Waals surface area contributed by atoms with E-state index in [2.05, 4.69) is 87.2 Å². The average molecular weight is 374 g/mol. The Bertz CT molecular complexity index is 804. The van der Waals surface area contributed by atoms with Crippen LogP contribution in [0.2, 0.25) is 0 Å². The Morgan fingerprint density at radius 2 is 1.54 bits per heavy atom. The zero-order chi connectivity index (χ0) is 19.7. The fourth-order valence-corrected chi connectivity index (χ4v) is 5.27. The van der Waals surface area contributed by atoms with Gasteiger partial charge >= 0.3 is 0 Å². The molecule has 0 aliphatic carbocycles. The Kier molecular flexibility index (Phi) is 5.73. The summed E-state index contributed by atoms with van der Waals surface area (Å²) in [6.07, 6.45) is 7.83. The SMILES string of the molecule is CC(C)c1cccc(C(C)C)c1C1=CC2CCCC(C1)N2Cc1ccccc1. The third-order valence-electron chi connectivity index (χ3n) is 6.68. The second-order valence-electron chi connectivity index (χ2n) is 9.33. The molecule has 2 aliphatic heterocycles. The standard InChI is InChI=1S/C27H35N/c1-19(2)25-14-9-15-26(20(3)4)27(25)22-16-23-12-8-13-24(17-22)28(23)18-21-10-6-5-7-11-21/h5-7,9-11,14-16,19-20,23-24H,8,12-13,17-18H2,1-4H3. The molecule has 4 rings (SSSR count). The predicted octanol–water partition coefficient (Wildman–Crippen LogP) is 7.14. The summed E-state index contributed by atoms with van der Waals surface area (Å²) in [6, 6.07) is 19.3. The average Bonchev–Trinajstić information content (AvgIpc) is 2.68. The first-order valence-corrected chi connectivity index (χ1v) is 11.2. The van der Waals surface area contributed by atoms with Crippen molar-refractivity contribution in [2.45, 2.75) is 83.8 Å². The fourth-order valence-electron chi connectivity index (χ4n) is 5.27. The van der Waals surface area contributed by atoms with Gasteiger partial charge in [0.05, 0.1) is 0 Å². The molecule has 2 aliphatic rings. The van der Waals surface area contributed by atoms with Crippen LogP contribution in [0.5, 0.6) is 0 Å². The van der Waals surface area contributed by atoms with Gasteiger partial charge in [-0.15, -0.1) is 0 Å².